The minimum absolute atomic E-state index is 0.0213. The van der Waals surface area contributed by atoms with Crippen molar-refractivity contribution < 1.29 is 19.1 Å². The molecule has 1 aliphatic rings. The van der Waals surface area contributed by atoms with Crippen molar-refractivity contribution in [3.05, 3.63) is 52.5 Å². The van der Waals surface area contributed by atoms with E-state index in [0.29, 0.717) is 33.8 Å². The number of halogens is 2. The number of nitrogens with one attached hydrogen (secondary N) is 2. The molecule has 2 N–H and O–H groups in total. The second kappa shape index (κ2) is 11.2. The predicted octanol–water partition coefficient (Wildman–Crippen LogP) is 4.06. The Kier molecular flexibility index (Phi) is 8.40. The lowest BCUT2D eigenvalue weighted by atomic mass is 10.2. The highest BCUT2D eigenvalue weighted by atomic mass is 35.5. The molecule has 0 aliphatic carbocycles. The molecule has 0 bridgehead atoms. The summed E-state index contributed by atoms with van der Waals surface area (Å²) in [6, 6.07) is 12.1. The van der Waals surface area contributed by atoms with Gasteiger partial charge in [0.2, 0.25) is 11.8 Å². The lowest BCUT2D eigenvalue weighted by molar-refractivity contribution is -0.131. The summed E-state index contributed by atoms with van der Waals surface area (Å²) in [5.41, 5.74) is 1.10. The van der Waals surface area contributed by atoms with Gasteiger partial charge in [0.25, 0.3) is 0 Å². The molecule has 2 amide bonds. The fraction of sp³-hybridized carbons (Fsp3) is 0.364. The van der Waals surface area contributed by atoms with Gasteiger partial charge < -0.3 is 25.0 Å². The van der Waals surface area contributed by atoms with E-state index in [1.54, 1.807) is 49.5 Å². The molecule has 0 saturated carbocycles. The van der Waals surface area contributed by atoms with Gasteiger partial charge in [0.05, 0.1) is 35.6 Å². The summed E-state index contributed by atoms with van der Waals surface area (Å²) in [5, 5.41) is 6.70. The quantitative estimate of drug-likeness (QED) is 0.583. The molecule has 0 radical (unpaired) electrons. The van der Waals surface area contributed by atoms with E-state index in [0.717, 1.165) is 19.4 Å². The monoisotopic (exact) mass is 465 g/mol. The van der Waals surface area contributed by atoms with E-state index >= 15 is 0 Å². The standard InChI is InChI=1S/C22H25Cl2N3O4/c1-27(13-21(28)26-18-7-3-2-6-17(18)24)22(29)12-25-19-11-15(23)8-9-20(19)31-14-16-5-4-10-30-16/h2-3,6-9,11,16,25H,4-5,10,12-14H2,1H3,(H,26,28). The number of rotatable bonds is 9. The number of hydrogen-bond acceptors (Lipinski definition) is 5. The Hall–Kier alpha value is -2.48. The van der Waals surface area contributed by atoms with Gasteiger partial charge in [-0.25, -0.2) is 0 Å². The fourth-order valence-corrected chi connectivity index (χ4v) is 3.44. The Morgan fingerprint density at radius 1 is 1.19 bits per heavy atom. The largest absolute Gasteiger partial charge is 0.489 e. The van der Waals surface area contributed by atoms with Crippen LogP contribution in [-0.4, -0.2) is 56.2 Å². The maximum Gasteiger partial charge on any atom is 0.244 e. The first kappa shape index (κ1) is 23.2. The maximum absolute atomic E-state index is 12.5. The molecule has 1 atom stereocenters. The SMILES string of the molecule is CN(CC(=O)Nc1ccccc1Cl)C(=O)CNc1cc(Cl)ccc1OCC1CCCO1. The minimum Gasteiger partial charge on any atom is -0.489 e. The number of benzene rings is 2. The van der Waals surface area contributed by atoms with Gasteiger partial charge in [0, 0.05) is 18.7 Å². The van der Waals surface area contributed by atoms with Crippen LogP contribution in [0.2, 0.25) is 10.0 Å². The molecule has 1 unspecified atom stereocenters. The minimum atomic E-state index is -0.340. The second-order valence-electron chi connectivity index (χ2n) is 7.22. The van der Waals surface area contributed by atoms with Crippen molar-refractivity contribution in [3.8, 4) is 5.75 Å². The molecule has 3 rings (SSSR count). The van der Waals surface area contributed by atoms with Crippen LogP contribution in [0.15, 0.2) is 42.5 Å². The van der Waals surface area contributed by atoms with Crippen molar-refractivity contribution in [1.82, 2.24) is 4.90 Å². The smallest absolute Gasteiger partial charge is 0.244 e. The third-order valence-corrected chi connectivity index (χ3v) is 5.34. The van der Waals surface area contributed by atoms with Gasteiger partial charge in [-0.1, -0.05) is 35.3 Å². The predicted molar refractivity (Wildman–Crippen MR) is 122 cm³/mol. The normalized spacial score (nSPS) is 15.4. The van der Waals surface area contributed by atoms with Gasteiger partial charge >= 0.3 is 0 Å². The van der Waals surface area contributed by atoms with Crippen LogP contribution < -0.4 is 15.4 Å². The number of anilines is 2. The lowest BCUT2D eigenvalue weighted by Crippen LogP contribution is -2.38. The van der Waals surface area contributed by atoms with Crippen LogP contribution in [0.3, 0.4) is 0 Å². The zero-order chi connectivity index (χ0) is 22.2. The van der Waals surface area contributed by atoms with Crippen molar-refractivity contribution in [1.29, 1.82) is 0 Å². The summed E-state index contributed by atoms with van der Waals surface area (Å²) < 4.78 is 11.4. The molecular weight excluding hydrogens is 441 g/mol. The summed E-state index contributed by atoms with van der Waals surface area (Å²) in [6.45, 7) is 1.06. The zero-order valence-corrected chi connectivity index (χ0v) is 18.7. The summed E-state index contributed by atoms with van der Waals surface area (Å²) in [7, 11) is 1.56. The van der Waals surface area contributed by atoms with Crippen LogP contribution in [0, 0.1) is 0 Å². The van der Waals surface area contributed by atoms with Crippen LogP contribution in [0.4, 0.5) is 11.4 Å². The Morgan fingerprint density at radius 3 is 2.74 bits per heavy atom. The Balaban J connectivity index is 1.51. The molecule has 9 heteroatoms. The molecule has 166 valence electrons. The number of nitrogens with zero attached hydrogens (tertiary/aromatic N) is 1. The van der Waals surface area contributed by atoms with Crippen LogP contribution in [0.1, 0.15) is 12.8 Å². The summed E-state index contributed by atoms with van der Waals surface area (Å²) >= 11 is 12.1. The van der Waals surface area contributed by atoms with E-state index in [4.69, 9.17) is 32.7 Å². The highest BCUT2D eigenvalue weighted by Crippen LogP contribution is 2.29. The van der Waals surface area contributed by atoms with Gasteiger partial charge in [-0.2, -0.15) is 0 Å². The Bertz CT molecular complexity index is 919. The molecule has 1 saturated heterocycles. The van der Waals surface area contributed by atoms with Crippen molar-refractivity contribution >= 4 is 46.4 Å². The average molecular weight is 466 g/mol. The number of para-hydroxylation sites is 1. The van der Waals surface area contributed by atoms with E-state index < -0.39 is 0 Å². The van der Waals surface area contributed by atoms with E-state index in [9.17, 15) is 9.59 Å². The molecule has 1 aliphatic heterocycles. The summed E-state index contributed by atoms with van der Waals surface area (Å²) in [5.74, 6) is -0.0153. The molecule has 7 nitrogen and oxygen atoms in total. The molecule has 1 heterocycles. The van der Waals surface area contributed by atoms with Crippen molar-refractivity contribution in [2.75, 3.05) is 44.0 Å². The van der Waals surface area contributed by atoms with Crippen LogP contribution in [-0.2, 0) is 14.3 Å². The number of likely N-dealkylation sites (N-methyl/N-ethyl adjacent to an activating group) is 1. The van der Waals surface area contributed by atoms with Crippen LogP contribution in [0.5, 0.6) is 5.75 Å². The van der Waals surface area contributed by atoms with Gasteiger partial charge in [-0.3, -0.25) is 9.59 Å². The number of carbonyl (C=O) groups is 2. The molecule has 0 aromatic heterocycles. The fourth-order valence-electron chi connectivity index (χ4n) is 3.09. The first-order valence-electron chi connectivity index (χ1n) is 9.98. The average Bonchev–Trinajstić information content (AvgIpc) is 3.26. The number of amides is 2. The molecule has 2 aromatic rings. The Labute approximate surface area is 191 Å². The summed E-state index contributed by atoms with van der Waals surface area (Å²) in [4.78, 5) is 26.1. The highest BCUT2D eigenvalue weighted by Gasteiger charge is 2.18. The third-order valence-electron chi connectivity index (χ3n) is 4.77. The van der Waals surface area contributed by atoms with Gasteiger partial charge in [0.15, 0.2) is 0 Å². The molecule has 1 fully saturated rings. The third kappa shape index (κ3) is 7.02. The van der Waals surface area contributed by atoms with E-state index in [1.165, 1.54) is 4.90 Å². The Morgan fingerprint density at radius 2 is 2.00 bits per heavy atom. The highest BCUT2D eigenvalue weighted by molar-refractivity contribution is 6.33. The first-order chi connectivity index (χ1) is 14.9. The van der Waals surface area contributed by atoms with Gasteiger partial charge in [-0.05, 0) is 43.2 Å². The first-order valence-corrected chi connectivity index (χ1v) is 10.7. The summed E-state index contributed by atoms with van der Waals surface area (Å²) in [6.07, 6.45) is 2.08. The zero-order valence-electron chi connectivity index (χ0n) is 17.2. The molecule has 2 aromatic carbocycles. The van der Waals surface area contributed by atoms with Crippen molar-refractivity contribution in [2.45, 2.75) is 18.9 Å². The second-order valence-corrected chi connectivity index (χ2v) is 8.06. The van der Waals surface area contributed by atoms with Crippen molar-refractivity contribution in [3.63, 3.8) is 0 Å². The number of hydrogen-bond donors (Lipinski definition) is 2. The number of carbonyl (C=O) groups excluding carboxylic acids is 2. The van der Waals surface area contributed by atoms with E-state index in [-0.39, 0.29) is 31.0 Å². The van der Waals surface area contributed by atoms with E-state index in [1.807, 2.05) is 0 Å². The number of ether oxygens (including phenoxy) is 2. The maximum atomic E-state index is 12.5. The molecule has 31 heavy (non-hydrogen) atoms. The lowest BCUT2D eigenvalue weighted by Gasteiger charge is -2.19. The topological polar surface area (TPSA) is 79.9 Å². The van der Waals surface area contributed by atoms with Gasteiger partial charge in [-0.15, -0.1) is 0 Å². The van der Waals surface area contributed by atoms with Crippen molar-refractivity contribution in [2.24, 2.45) is 0 Å². The van der Waals surface area contributed by atoms with Crippen LogP contribution in [0.25, 0.3) is 0 Å². The van der Waals surface area contributed by atoms with Crippen LogP contribution >= 0.6 is 23.2 Å². The molecular formula is C22H25Cl2N3O4. The van der Waals surface area contributed by atoms with Gasteiger partial charge in [0.1, 0.15) is 12.4 Å². The molecule has 0 spiro atoms. The van der Waals surface area contributed by atoms with E-state index in [2.05, 4.69) is 10.6 Å².